The second kappa shape index (κ2) is 4.80. The molecular weight excluding hydrogens is 242 g/mol. The Labute approximate surface area is 102 Å². The molecule has 0 spiro atoms. The number of carbonyl (C=O) groups excluding carboxylic acids is 1. The Morgan fingerprint density at radius 1 is 1.71 bits per heavy atom. The van der Waals surface area contributed by atoms with E-state index in [4.69, 9.17) is 0 Å². The van der Waals surface area contributed by atoms with E-state index in [1.54, 1.807) is 10.3 Å². The van der Waals surface area contributed by atoms with Crippen LogP contribution in [0.2, 0.25) is 0 Å². The van der Waals surface area contributed by atoms with Gasteiger partial charge in [-0.15, -0.1) is 0 Å². The minimum Gasteiger partial charge on any atom is -0.336 e. The monoisotopic (exact) mass is 255 g/mol. The van der Waals surface area contributed by atoms with Gasteiger partial charge in [-0.25, -0.2) is 0 Å². The zero-order chi connectivity index (χ0) is 12.4. The van der Waals surface area contributed by atoms with E-state index in [0.717, 1.165) is 17.9 Å². The highest BCUT2D eigenvalue weighted by Gasteiger charge is 2.23. The van der Waals surface area contributed by atoms with E-state index in [1.807, 2.05) is 6.92 Å². The number of hydrogen-bond acceptors (Lipinski definition) is 5. The number of thiophene rings is 1. The van der Waals surface area contributed by atoms with Crippen molar-refractivity contribution in [3.8, 4) is 0 Å². The summed E-state index contributed by atoms with van der Waals surface area (Å²) in [7, 11) is 0. The highest BCUT2D eigenvalue weighted by Crippen LogP contribution is 2.23. The molecule has 17 heavy (non-hydrogen) atoms. The smallest absolute Gasteiger partial charge is 0.324 e. The van der Waals surface area contributed by atoms with E-state index in [1.165, 1.54) is 6.07 Å². The molecule has 1 saturated heterocycles. The fourth-order valence-electron chi connectivity index (χ4n) is 1.83. The molecule has 1 N–H and O–H groups in total. The molecule has 1 aliphatic heterocycles. The fourth-order valence-corrected chi connectivity index (χ4v) is 2.53. The molecule has 1 atom stereocenters. The lowest BCUT2D eigenvalue weighted by molar-refractivity contribution is -0.380. The molecule has 2 heterocycles. The molecule has 7 heteroatoms. The Bertz CT molecular complexity index is 446. The van der Waals surface area contributed by atoms with E-state index in [2.05, 4.69) is 5.32 Å². The normalized spacial score (nSPS) is 20.3. The molecule has 6 nitrogen and oxygen atoms in total. The third-order valence-electron chi connectivity index (χ3n) is 2.67. The van der Waals surface area contributed by atoms with Gasteiger partial charge in [-0.1, -0.05) is 11.3 Å². The Hall–Kier alpha value is -1.47. The van der Waals surface area contributed by atoms with Gasteiger partial charge >= 0.3 is 5.00 Å². The van der Waals surface area contributed by atoms with Crippen LogP contribution in [0.4, 0.5) is 5.00 Å². The van der Waals surface area contributed by atoms with Crippen LogP contribution in [0.1, 0.15) is 17.3 Å². The molecule has 0 bridgehead atoms. The zero-order valence-electron chi connectivity index (χ0n) is 9.38. The number of carbonyl (C=O) groups is 1. The molecule has 1 aromatic rings. The van der Waals surface area contributed by atoms with Crippen molar-refractivity contribution < 1.29 is 9.72 Å². The van der Waals surface area contributed by atoms with Crippen molar-refractivity contribution in [3.63, 3.8) is 0 Å². The maximum atomic E-state index is 12.1. The predicted octanol–water partition coefficient (Wildman–Crippen LogP) is 1.09. The van der Waals surface area contributed by atoms with E-state index in [9.17, 15) is 14.9 Å². The van der Waals surface area contributed by atoms with Gasteiger partial charge in [0.25, 0.3) is 5.91 Å². The van der Waals surface area contributed by atoms with Crippen LogP contribution in [0.25, 0.3) is 0 Å². The highest BCUT2D eigenvalue weighted by molar-refractivity contribution is 7.13. The second-order valence-corrected chi connectivity index (χ2v) is 4.93. The predicted molar refractivity (Wildman–Crippen MR) is 64.3 cm³/mol. The van der Waals surface area contributed by atoms with E-state index < -0.39 is 4.92 Å². The maximum Gasteiger partial charge on any atom is 0.324 e. The maximum absolute atomic E-state index is 12.1. The van der Waals surface area contributed by atoms with Gasteiger partial charge in [-0.05, 0) is 6.92 Å². The van der Waals surface area contributed by atoms with Gasteiger partial charge in [0.05, 0.1) is 10.5 Å². The molecule has 0 unspecified atom stereocenters. The minimum absolute atomic E-state index is 0.0107. The molecular formula is C10H13N3O3S. The average molecular weight is 255 g/mol. The molecule has 2 rings (SSSR count). The molecule has 1 amide bonds. The van der Waals surface area contributed by atoms with Gasteiger partial charge in [0.1, 0.15) is 0 Å². The summed E-state index contributed by atoms with van der Waals surface area (Å²) in [6, 6.07) is 1.61. The van der Waals surface area contributed by atoms with Crippen LogP contribution < -0.4 is 5.32 Å². The minimum atomic E-state index is -0.470. The van der Waals surface area contributed by atoms with Gasteiger partial charge < -0.3 is 10.2 Å². The standard InChI is InChI=1S/C10H13N3O3S/c1-7-5-12(3-2-11-7)10(14)8-4-9(13(15)16)17-6-8/h4,6-7,11H,2-3,5H2,1H3/t7-/m0/s1. The molecule has 0 radical (unpaired) electrons. The number of nitrogens with zero attached hydrogens (tertiary/aromatic N) is 2. The largest absolute Gasteiger partial charge is 0.336 e. The van der Waals surface area contributed by atoms with Crippen LogP contribution in [0.3, 0.4) is 0 Å². The molecule has 92 valence electrons. The van der Waals surface area contributed by atoms with Crippen LogP contribution in [0, 0.1) is 10.1 Å². The van der Waals surface area contributed by atoms with Crippen LogP contribution in [0.5, 0.6) is 0 Å². The lowest BCUT2D eigenvalue weighted by Gasteiger charge is -2.31. The number of hydrogen-bond donors (Lipinski definition) is 1. The topological polar surface area (TPSA) is 75.5 Å². The van der Waals surface area contributed by atoms with Gasteiger partial charge in [-0.3, -0.25) is 14.9 Å². The summed E-state index contributed by atoms with van der Waals surface area (Å²) < 4.78 is 0. The van der Waals surface area contributed by atoms with Gasteiger partial charge in [0.15, 0.2) is 0 Å². The second-order valence-electron chi connectivity index (χ2n) is 4.04. The molecule has 0 saturated carbocycles. The SMILES string of the molecule is C[C@H]1CN(C(=O)c2csc([N+](=O)[O-])c2)CCN1. The zero-order valence-corrected chi connectivity index (χ0v) is 10.2. The quantitative estimate of drug-likeness (QED) is 0.634. The van der Waals surface area contributed by atoms with Gasteiger partial charge in [0.2, 0.25) is 0 Å². The first-order chi connectivity index (χ1) is 8.08. The first-order valence-corrected chi connectivity index (χ1v) is 6.21. The van der Waals surface area contributed by atoms with Crippen LogP contribution in [-0.4, -0.2) is 41.4 Å². The van der Waals surface area contributed by atoms with Crippen LogP contribution in [0.15, 0.2) is 11.4 Å². The summed E-state index contributed by atoms with van der Waals surface area (Å²) in [6.45, 7) is 4.06. The van der Waals surface area contributed by atoms with Crippen molar-refractivity contribution in [1.82, 2.24) is 10.2 Å². The van der Waals surface area contributed by atoms with Gasteiger partial charge in [-0.2, -0.15) is 0 Å². The molecule has 0 aliphatic carbocycles. The van der Waals surface area contributed by atoms with Crippen LogP contribution in [-0.2, 0) is 0 Å². The molecule has 1 fully saturated rings. The number of nitro groups is 1. The number of nitrogens with one attached hydrogen (secondary N) is 1. The average Bonchev–Trinajstić information content (AvgIpc) is 2.77. The third kappa shape index (κ3) is 2.62. The fraction of sp³-hybridized carbons (Fsp3) is 0.500. The lowest BCUT2D eigenvalue weighted by Crippen LogP contribution is -2.51. The third-order valence-corrected chi connectivity index (χ3v) is 3.55. The Morgan fingerprint density at radius 2 is 2.47 bits per heavy atom. The van der Waals surface area contributed by atoms with E-state index in [0.29, 0.717) is 18.7 Å². The lowest BCUT2D eigenvalue weighted by atomic mass is 10.2. The Kier molecular flexibility index (Phi) is 3.39. The van der Waals surface area contributed by atoms with Crippen molar-refractivity contribution in [2.24, 2.45) is 0 Å². The molecule has 0 aromatic carbocycles. The van der Waals surface area contributed by atoms with Crippen molar-refractivity contribution in [3.05, 3.63) is 27.1 Å². The number of rotatable bonds is 2. The number of amides is 1. The summed E-state index contributed by atoms with van der Waals surface area (Å²) in [6.07, 6.45) is 0. The Balaban J connectivity index is 2.10. The van der Waals surface area contributed by atoms with Crippen molar-refractivity contribution in [1.29, 1.82) is 0 Å². The van der Waals surface area contributed by atoms with Crippen LogP contribution >= 0.6 is 11.3 Å². The summed E-state index contributed by atoms with van der Waals surface area (Å²) in [4.78, 5) is 23.9. The first kappa shape index (κ1) is 12.0. The highest BCUT2D eigenvalue weighted by atomic mass is 32.1. The van der Waals surface area contributed by atoms with E-state index in [-0.39, 0.29) is 17.0 Å². The van der Waals surface area contributed by atoms with Gasteiger partial charge in [0, 0.05) is 37.1 Å². The first-order valence-electron chi connectivity index (χ1n) is 5.33. The van der Waals surface area contributed by atoms with Crippen molar-refractivity contribution in [2.75, 3.05) is 19.6 Å². The summed E-state index contributed by atoms with van der Waals surface area (Å²) in [5, 5.41) is 15.3. The van der Waals surface area contributed by atoms with Crippen molar-refractivity contribution in [2.45, 2.75) is 13.0 Å². The molecule has 1 aromatic heterocycles. The summed E-state index contributed by atoms with van der Waals surface area (Å²) in [5.41, 5.74) is 0.413. The van der Waals surface area contributed by atoms with E-state index >= 15 is 0 Å². The summed E-state index contributed by atoms with van der Waals surface area (Å²) >= 11 is 0.989. The molecule has 1 aliphatic rings. The summed E-state index contributed by atoms with van der Waals surface area (Å²) in [5.74, 6) is -0.122. The number of piperazine rings is 1. The Morgan fingerprint density at radius 3 is 3.06 bits per heavy atom. The van der Waals surface area contributed by atoms with Crippen molar-refractivity contribution >= 4 is 22.2 Å².